The Morgan fingerprint density at radius 2 is 2.29 bits per heavy atom. The number of hydrogen-bond donors (Lipinski definition) is 1. The van der Waals surface area contributed by atoms with Crippen molar-refractivity contribution < 1.29 is 4.74 Å². The lowest BCUT2D eigenvalue weighted by Crippen LogP contribution is -2.47. The minimum Gasteiger partial charge on any atom is -0.374 e. The van der Waals surface area contributed by atoms with Gasteiger partial charge in [0.25, 0.3) is 0 Å². The number of aromatic nitrogens is 2. The lowest BCUT2D eigenvalue weighted by Gasteiger charge is -2.36. The molecule has 0 radical (unpaired) electrons. The van der Waals surface area contributed by atoms with Gasteiger partial charge < -0.3 is 15.0 Å². The largest absolute Gasteiger partial charge is 0.374 e. The number of hydrogen-bond acceptors (Lipinski definition) is 4. The Labute approximate surface area is 136 Å². The van der Waals surface area contributed by atoms with Gasteiger partial charge in [0.2, 0.25) is 0 Å². The number of nitrogens with zero attached hydrogens (tertiary/aromatic N) is 3. The normalized spacial score (nSPS) is 21.9. The van der Waals surface area contributed by atoms with E-state index in [0.29, 0.717) is 6.04 Å². The molecule has 1 saturated heterocycles. The van der Waals surface area contributed by atoms with Gasteiger partial charge in [-0.1, -0.05) is 6.92 Å². The third-order valence-electron chi connectivity index (χ3n) is 3.85. The molecule has 1 aliphatic heterocycles. The first kappa shape index (κ1) is 16.9. The van der Waals surface area contributed by atoms with Gasteiger partial charge in [0.15, 0.2) is 0 Å². The number of ether oxygens (including phenoxy) is 1. The maximum absolute atomic E-state index is 6.05. The second kappa shape index (κ2) is 7.72. The summed E-state index contributed by atoms with van der Waals surface area (Å²) in [7, 11) is 2.15. The summed E-state index contributed by atoms with van der Waals surface area (Å²) in [6, 6.07) is 0.491. The van der Waals surface area contributed by atoms with Crippen molar-refractivity contribution >= 4 is 15.9 Å². The van der Waals surface area contributed by atoms with Crippen LogP contribution in [0.5, 0.6) is 0 Å². The minimum absolute atomic E-state index is 0.154. The third-order valence-corrected chi connectivity index (χ3v) is 4.46. The SMILES string of the molecule is CCCNC(c1c(Br)cnn1C(C)C)C1CN(C)CCO1. The molecule has 0 spiro atoms. The first-order valence-electron chi connectivity index (χ1n) is 7.81. The fourth-order valence-corrected chi connectivity index (χ4v) is 3.29. The molecule has 1 N–H and O–H groups in total. The summed E-state index contributed by atoms with van der Waals surface area (Å²) in [5, 5.41) is 8.17. The van der Waals surface area contributed by atoms with E-state index < -0.39 is 0 Å². The highest BCUT2D eigenvalue weighted by Crippen LogP contribution is 2.30. The van der Waals surface area contributed by atoms with Crippen LogP contribution in [0.15, 0.2) is 10.7 Å². The number of nitrogens with one attached hydrogen (secondary N) is 1. The number of halogens is 1. The highest BCUT2D eigenvalue weighted by Gasteiger charge is 2.32. The van der Waals surface area contributed by atoms with Crippen molar-refractivity contribution in [2.24, 2.45) is 0 Å². The van der Waals surface area contributed by atoms with Crippen molar-refractivity contribution in [1.29, 1.82) is 0 Å². The van der Waals surface area contributed by atoms with Crippen molar-refractivity contribution in [1.82, 2.24) is 20.0 Å². The molecule has 2 unspecified atom stereocenters. The predicted molar refractivity (Wildman–Crippen MR) is 88.6 cm³/mol. The topological polar surface area (TPSA) is 42.3 Å². The van der Waals surface area contributed by atoms with E-state index in [1.54, 1.807) is 0 Å². The van der Waals surface area contributed by atoms with Crippen molar-refractivity contribution in [2.75, 3.05) is 33.3 Å². The van der Waals surface area contributed by atoms with E-state index in [-0.39, 0.29) is 12.1 Å². The fraction of sp³-hybridized carbons (Fsp3) is 0.800. The van der Waals surface area contributed by atoms with Crippen LogP contribution < -0.4 is 5.32 Å². The first-order chi connectivity index (χ1) is 10.0. The van der Waals surface area contributed by atoms with Gasteiger partial charge in [0.1, 0.15) is 0 Å². The van der Waals surface area contributed by atoms with E-state index in [1.165, 1.54) is 5.69 Å². The Hall–Kier alpha value is -0.430. The molecule has 0 amide bonds. The van der Waals surface area contributed by atoms with Gasteiger partial charge in [-0.25, -0.2) is 0 Å². The zero-order chi connectivity index (χ0) is 15.4. The zero-order valence-electron chi connectivity index (χ0n) is 13.5. The maximum atomic E-state index is 6.05. The summed E-state index contributed by atoms with van der Waals surface area (Å²) in [6.07, 6.45) is 3.15. The maximum Gasteiger partial charge on any atom is 0.0912 e. The van der Waals surface area contributed by atoms with Crippen LogP contribution in [0.25, 0.3) is 0 Å². The smallest absolute Gasteiger partial charge is 0.0912 e. The average Bonchev–Trinajstić information content (AvgIpc) is 2.82. The molecule has 120 valence electrons. The third kappa shape index (κ3) is 4.06. The zero-order valence-corrected chi connectivity index (χ0v) is 15.1. The van der Waals surface area contributed by atoms with Crippen LogP contribution in [0, 0.1) is 0 Å². The van der Waals surface area contributed by atoms with Gasteiger partial charge in [0.05, 0.1) is 35.1 Å². The monoisotopic (exact) mass is 358 g/mol. The summed E-state index contributed by atoms with van der Waals surface area (Å²) >= 11 is 3.67. The molecule has 5 nitrogen and oxygen atoms in total. The predicted octanol–water partition coefficient (Wildman–Crippen LogP) is 2.60. The molecular formula is C15H27BrN4O. The highest BCUT2D eigenvalue weighted by molar-refractivity contribution is 9.10. The molecular weight excluding hydrogens is 332 g/mol. The standard InChI is InChI=1S/C15H27BrN4O/c1-5-6-17-14(13-10-19(4)7-8-21-13)15-12(16)9-18-20(15)11(2)3/h9,11,13-14,17H,5-8,10H2,1-4H3. The van der Waals surface area contributed by atoms with Crippen molar-refractivity contribution in [3.05, 3.63) is 16.4 Å². The summed E-state index contributed by atoms with van der Waals surface area (Å²) in [5.74, 6) is 0. The number of morpholine rings is 1. The Kier molecular flexibility index (Phi) is 6.22. The first-order valence-corrected chi connectivity index (χ1v) is 8.60. The van der Waals surface area contributed by atoms with E-state index in [1.807, 2.05) is 6.20 Å². The number of likely N-dealkylation sites (N-methyl/N-ethyl adjacent to an activating group) is 1. The Morgan fingerprint density at radius 1 is 1.52 bits per heavy atom. The van der Waals surface area contributed by atoms with Gasteiger partial charge in [-0.2, -0.15) is 5.10 Å². The Morgan fingerprint density at radius 3 is 2.90 bits per heavy atom. The summed E-state index contributed by atoms with van der Waals surface area (Å²) in [5.41, 5.74) is 1.19. The quantitative estimate of drug-likeness (QED) is 0.848. The number of rotatable bonds is 6. The molecule has 0 bridgehead atoms. The van der Waals surface area contributed by atoms with Gasteiger partial charge in [-0.15, -0.1) is 0 Å². The van der Waals surface area contributed by atoms with Crippen LogP contribution in [0.4, 0.5) is 0 Å². The van der Waals surface area contributed by atoms with Crippen LogP contribution in [-0.2, 0) is 4.74 Å². The minimum atomic E-state index is 0.154. The van der Waals surface area contributed by atoms with Crippen LogP contribution in [0.2, 0.25) is 0 Å². The summed E-state index contributed by atoms with van der Waals surface area (Å²) < 4.78 is 9.20. The van der Waals surface area contributed by atoms with Crippen LogP contribution in [0.1, 0.15) is 45.0 Å². The average molecular weight is 359 g/mol. The molecule has 1 fully saturated rings. The molecule has 1 aliphatic rings. The van der Waals surface area contributed by atoms with E-state index in [9.17, 15) is 0 Å². The van der Waals surface area contributed by atoms with Crippen molar-refractivity contribution in [3.63, 3.8) is 0 Å². The molecule has 2 rings (SSSR count). The van der Waals surface area contributed by atoms with Gasteiger partial charge in [0, 0.05) is 19.1 Å². The fourth-order valence-electron chi connectivity index (χ4n) is 2.77. The van der Waals surface area contributed by atoms with E-state index in [0.717, 1.165) is 37.1 Å². The molecule has 21 heavy (non-hydrogen) atoms. The van der Waals surface area contributed by atoms with Gasteiger partial charge in [-0.3, -0.25) is 4.68 Å². The summed E-state index contributed by atoms with van der Waals surface area (Å²) in [6.45, 7) is 10.2. The van der Waals surface area contributed by atoms with Gasteiger partial charge >= 0.3 is 0 Å². The van der Waals surface area contributed by atoms with Crippen LogP contribution in [-0.4, -0.2) is 54.1 Å². The summed E-state index contributed by atoms with van der Waals surface area (Å²) in [4.78, 5) is 2.33. The van der Waals surface area contributed by atoms with Crippen LogP contribution >= 0.6 is 15.9 Å². The van der Waals surface area contributed by atoms with Crippen molar-refractivity contribution in [3.8, 4) is 0 Å². The molecule has 1 aromatic rings. The molecule has 0 aromatic carbocycles. The van der Waals surface area contributed by atoms with Crippen LogP contribution in [0.3, 0.4) is 0 Å². The molecule has 2 heterocycles. The van der Waals surface area contributed by atoms with Crippen molar-refractivity contribution in [2.45, 2.75) is 45.4 Å². The molecule has 0 aliphatic carbocycles. The molecule has 2 atom stereocenters. The molecule has 1 aromatic heterocycles. The Balaban J connectivity index is 2.28. The molecule has 0 saturated carbocycles. The van der Waals surface area contributed by atoms with E-state index >= 15 is 0 Å². The van der Waals surface area contributed by atoms with E-state index in [4.69, 9.17) is 4.74 Å². The second-order valence-electron chi connectivity index (χ2n) is 6.02. The van der Waals surface area contributed by atoms with E-state index in [2.05, 4.69) is 63.7 Å². The second-order valence-corrected chi connectivity index (χ2v) is 6.87. The highest BCUT2D eigenvalue weighted by atomic mass is 79.9. The Bertz CT molecular complexity index is 449. The lowest BCUT2D eigenvalue weighted by atomic mass is 10.0. The lowest BCUT2D eigenvalue weighted by molar-refractivity contribution is -0.0409. The molecule has 6 heteroatoms. The van der Waals surface area contributed by atoms with Gasteiger partial charge in [-0.05, 0) is 49.8 Å².